The molecule has 1 aromatic rings. The van der Waals surface area contributed by atoms with Gasteiger partial charge in [-0.1, -0.05) is 23.2 Å². The van der Waals surface area contributed by atoms with E-state index in [-0.39, 0.29) is 9.70 Å². The van der Waals surface area contributed by atoms with Gasteiger partial charge in [0.2, 0.25) is 6.34 Å². The second kappa shape index (κ2) is 4.90. The molecule has 1 aliphatic heterocycles. The minimum absolute atomic E-state index is 0.252. The number of hydrogen-bond donors (Lipinski definition) is 0. The van der Waals surface area contributed by atoms with Crippen LogP contribution in [0.1, 0.15) is 0 Å². The van der Waals surface area contributed by atoms with Crippen molar-refractivity contribution in [3.05, 3.63) is 40.1 Å². The normalized spacial score (nSPS) is 23.3. The maximum atomic E-state index is 12.0. The molecule has 0 spiro atoms. The second-order valence-corrected chi connectivity index (χ2v) is 5.30. The number of hydrogen-bond acceptors (Lipinski definition) is 3. The monoisotopic (exact) mass is 303 g/mol. The Morgan fingerprint density at radius 3 is 2.67 bits per heavy atom. The van der Waals surface area contributed by atoms with Crippen LogP contribution >= 0.6 is 35.0 Å². The molecule has 4 nitrogen and oxygen atoms in total. The van der Waals surface area contributed by atoms with Crippen molar-refractivity contribution in [3.63, 3.8) is 0 Å². The third kappa shape index (κ3) is 2.67. The molecule has 0 saturated carbocycles. The van der Waals surface area contributed by atoms with E-state index in [1.807, 2.05) is 0 Å². The zero-order valence-corrected chi connectivity index (χ0v) is 11.5. The first-order chi connectivity index (χ1) is 8.40. The van der Waals surface area contributed by atoms with Gasteiger partial charge in [-0.25, -0.2) is 4.99 Å². The summed E-state index contributed by atoms with van der Waals surface area (Å²) in [5.74, 6) is -0.491. The van der Waals surface area contributed by atoms with Crippen molar-refractivity contribution < 1.29 is 9.11 Å². The van der Waals surface area contributed by atoms with Crippen LogP contribution in [-0.4, -0.2) is 23.3 Å². The molecule has 1 aromatic carbocycles. The molecule has 1 unspecified atom stereocenters. The minimum atomic E-state index is -0.491. The molecule has 0 radical (unpaired) electrons. The Labute approximate surface area is 119 Å². The third-order valence-corrected chi connectivity index (χ3v) is 3.11. The van der Waals surface area contributed by atoms with E-state index >= 15 is 0 Å². The van der Waals surface area contributed by atoms with Crippen LogP contribution in [0.2, 0.25) is 10.0 Å². The minimum Gasteiger partial charge on any atom is -0.854 e. The van der Waals surface area contributed by atoms with Gasteiger partial charge >= 0.3 is 0 Å². The van der Waals surface area contributed by atoms with Crippen molar-refractivity contribution in [2.45, 2.75) is 0 Å². The van der Waals surface area contributed by atoms with Gasteiger partial charge in [0.15, 0.2) is 17.5 Å². The van der Waals surface area contributed by atoms with Crippen LogP contribution in [0.15, 0.2) is 40.1 Å². The molecular weight excluding hydrogens is 296 g/mol. The largest absolute Gasteiger partial charge is 0.854 e. The van der Waals surface area contributed by atoms with E-state index in [9.17, 15) is 5.11 Å². The summed E-state index contributed by atoms with van der Waals surface area (Å²) in [6.07, 6.45) is 2.80. The van der Waals surface area contributed by atoms with E-state index < -0.39 is 5.90 Å². The molecule has 0 N–H and O–H groups in total. The number of aliphatic imine (C=N–C) groups is 2. The first kappa shape index (κ1) is 13.4. The van der Waals surface area contributed by atoms with Crippen molar-refractivity contribution >= 4 is 52.9 Å². The number of halogens is 3. The fourth-order valence-electron chi connectivity index (χ4n) is 1.39. The highest BCUT2D eigenvalue weighted by atomic mass is 35.5. The lowest BCUT2D eigenvalue weighted by Crippen LogP contribution is -2.37. The van der Waals surface area contributed by atoms with Crippen molar-refractivity contribution in [2.24, 2.45) is 9.98 Å². The summed E-state index contributed by atoms with van der Waals surface area (Å²) in [6.45, 7) is 0. The quantitative estimate of drug-likeness (QED) is 0.471. The Morgan fingerprint density at radius 2 is 2.11 bits per heavy atom. The fraction of sp³-hybridized carbons (Fsp3) is 0.0909. The molecule has 0 bridgehead atoms. The second-order valence-electron chi connectivity index (χ2n) is 3.75. The standard InChI is InChI=1S/C11H8Cl3N3O/c1-17(14)6-15-5-10(17)11(18)16-9-3-2-7(12)4-8(9)13/h2-6H,1H3. The molecule has 0 aliphatic carbocycles. The summed E-state index contributed by atoms with van der Waals surface area (Å²) < 4.78 is -0.256. The molecule has 0 fully saturated rings. The molecule has 2 rings (SSSR count). The van der Waals surface area contributed by atoms with Gasteiger partial charge in [0.25, 0.3) is 0 Å². The van der Waals surface area contributed by atoms with E-state index in [0.29, 0.717) is 15.7 Å². The summed E-state index contributed by atoms with van der Waals surface area (Å²) in [7, 11) is 1.61. The van der Waals surface area contributed by atoms with Gasteiger partial charge in [0, 0.05) is 5.02 Å². The molecule has 1 atom stereocenters. The highest BCUT2D eigenvalue weighted by Gasteiger charge is 2.29. The van der Waals surface area contributed by atoms with Crippen LogP contribution in [0, 0.1) is 0 Å². The number of rotatable bonds is 2. The first-order valence-corrected chi connectivity index (χ1v) is 6.01. The Kier molecular flexibility index (Phi) is 3.64. The van der Waals surface area contributed by atoms with Gasteiger partial charge < -0.3 is 5.11 Å². The van der Waals surface area contributed by atoms with Crippen LogP contribution in [0.25, 0.3) is 0 Å². The maximum absolute atomic E-state index is 12.0. The van der Waals surface area contributed by atoms with Gasteiger partial charge in [0.05, 0.1) is 29.9 Å². The molecule has 0 saturated heterocycles. The van der Waals surface area contributed by atoms with Crippen LogP contribution < -0.4 is 5.11 Å². The zero-order valence-electron chi connectivity index (χ0n) is 9.27. The van der Waals surface area contributed by atoms with Gasteiger partial charge in [-0.3, -0.25) is 4.99 Å². The van der Waals surface area contributed by atoms with E-state index in [1.54, 1.807) is 19.2 Å². The number of benzene rings is 1. The fourth-order valence-corrected chi connectivity index (χ4v) is 2.00. The molecule has 1 heterocycles. The molecule has 7 heteroatoms. The SMILES string of the molecule is C[N+]1(Cl)C=NC=C1C([O-])=Nc1ccc(Cl)cc1Cl. The van der Waals surface area contributed by atoms with Crippen LogP contribution in [0.3, 0.4) is 0 Å². The van der Waals surface area contributed by atoms with E-state index in [0.717, 1.165) is 0 Å². The summed E-state index contributed by atoms with van der Waals surface area (Å²) in [5, 5.41) is 12.7. The van der Waals surface area contributed by atoms with Crippen molar-refractivity contribution in [3.8, 4) is 0 Å². The molecule has 18 heavy (non-hydrogen) atoms. The van der Waals surface area contributed by atoms with Crippen molar-refractivity contribution in [1.82, 2.24) is 0 Å². The van der Waals surface area contributed by atoms with Crippen molar-refractivity contribution in [1.29, 1.82) is 0 Å². The highest BCUT2D eigenvalue weighted by molar-refractivity contribution is 6.36. The third-order valence-electron chi connectivity index (χ3n) is 2.30. The lowest BCUT2D eigenvalue weighted by atomic mass is 10.3. The highest BCUT2D eigenvalue weighted by Crippen LogP contribution is 2.29. The average molecular weight is 305 g/mol. The van der Waals surface area contributed by atoms with Gasteiger partial charge in [-0.15, -0.1) is 4.00 Å². The molecular formula is C11H8Cl3N3O. The Hall–Kier alpha value is -1.07. The Balaban J connectivity index is 2.34. The van der Waals surface area contributed by atoms with Gasteiger partial charge in [-0.2, -0.15) is 0 Å². The molecule has 1 aliphatic rings. The van der Waals surface area contributed by atoms with Crippen LogP contribution in [-0.2, 0) is 0 Å². The summed E-state index contributed by atoms with van der Waals surface area (Å²) in [5.41, 5.74) is 0.596. The first-order valence-electron chi connectivity index (χ1n) is 4.92. The summed E-state index contributed by atoms with van der Waals surface area (Å²) in [6, 6.07) is 4.69. The lowest BCUT2D eigenvalue weighted by Gasteiger charge is -2.20. The van der Waals surface area contributed by atoms with E-state index in [4.69, 9.17) is 35.0 Å². The van der Waals surface area contributed by atoms with Gasteiger partial charge in [0.1, 0.15) is 0 Å². The maximum Gasteiger partial charge on any atom is 0.213 e. The number of quaternary nitrogens is 1. The number of likely N-dealkylation sites (N-methyl/N-ethyl adjacent to an activating group) is 1. The molecule has 94 valence electrons. The predicted molar refractivity (Wildman–Crippen MR) is 72.2 cm³/mol. The number of nitrogens with zero attached hydrogens (tertiary/aromatic N) is 3. The predicted octanol–water partition coefficient (Wildman–Crippen LogP) is 2.87. The lowest BCUT2D eigenvalue weighted by molar-refractivity contribution is -0.633. The van der Waals surface area contributed by atoms with E-state index in [1.165, 1.54) is 18.6 Å². The molecule has 0 amide bonds. The smallest absolute Gasteiger partial charge is 0.213 e. The zero-order chi connectivity index (χ0) is 13.3. The van der Waals surface area contributed by atoms with Crippen LogP contribution in [0.4, 0.5) is 5.69 Å². The van der Waals surface area contributed by atoms with Gasteiger partial charge in [-0.05, 0) is 18.2 Å². The van der Waals surface area contributed by atoms with Crippen molar-refractivity contribution in [2.75, 3.05) is 7.05 Å². The summed E-state index contributed by atoms with van der Waals surface area (Å²) in [4.78, 5) is 7.73. The topological polar surface area (TPSA) is 47.8 Å². The van der Waals surface area contributed by atoms with E-state index in [2.05, 4.69) is 9.98 Å². The van der Waals surface area contributed by atoms with Crippen LogP contribution in [0.5, 0.6) is 0 Å². The Morgan fingerprint density at radius 1 is 1.39 bits per heavy atom. The average Bonchev–Trinajstić information content (AvgIpc) is 2.62. The Bertz CT molecular complexity index is 579. The molecule has 0 aromatic heterocycles. The summed E-state index contributed by atoms with van der Waals surface area (Å²) >= 11 is 17.7.